The van der Waals surface area contributed by atoms with Gasteiger partial charge in [-0.05, 0) is 69.9 Å². The molecule has 0 spiro atoms. The first-order valence-electron chi connectivity index (χ1n) is 10.8. The molecule has 1 fully saturated rings. The van der Waals surface area contributed by atoms with Gasteiger partial charge in [-0.15, -0.1) is 0 Å². The normalized spacial score (nSPS) is 16.4. The molecule has 0 aromatic heterocycles. The highest BCUT2D eigenvalue weighted by molar-refractivity contribution is 7.89. The first-order chi connectivity index (χ1) is 15.1. The molecule has 0 saturated carbocycles. The number of hydrogen-bond donors (Lipinski definition) is 2. The number of benzene rings is 2. The van der Waals surface area contributed by atoms with Crippen LogP contribution in [0.2, 0.25) is 0 Å². The molecule has 2 aromatic rings. The molecule has 2 amide bonds. The van der Waals surface area contributed by atoms with E-state index in [1.54, 1.807) is 31.2 Å². The molecule has 1 saturated heterocycles. The Kier molecular flexibility index (Phi) is 7.36. The highest BCUT2D eigenvalue weighted by Gasteiger charge is 2.33. The summed E-state index contributed by atoms with van der Waals surface area (Å²) in [5.74, 6) is -0.831. The van der Waals surface area contributed by atoms with Gasteiger partial charge >= 0.3 is 0 Å². The van der Waals surface area contributed by atoms with E-state index in [1.807, 2.05) is 39.0 Å². The molecule has 32 heavy (non-hydrogen) atoms. The molecule has 7 nitrogen and oxygen atoms in total. The molecule has 1 aliphatic heterocycles. The van der Waals surface area contributed by atoms with Crippen molar-refractivity contribution in [3.05, 3.63) is 59.2 Å². The van der Waals surface area contributed by atoms with Crippen molar-refractivity contribution < 1.29 is 18.0 Å². The topological polar surface area (TPSA) is 95.6 Å². The minimum absolute atomic E-state index is 0.221. The molecule has 2 N–H and O–H groups in total. The van der Waals surface area contributed by atoms with Crippen LogP contribution in [-0.4, -0.2) is 43.7 Å². The van der Waals surface area contributed by atoms with E-state index in [0.29, 0.717) is 12.8 Å². The Morgan fingerprint density at radius 2 is 1.56 bits per heavy atom. The molecule has 0 aliphatic carbocycles. The van der Waals surface area contributed by atoms with Gasteiger partial charge in [0.25, 0.3) is 0 Å². The van der Waals surface area contributed by atoms with Crippen molar-refractivity contribution >= 4 is 27.5 Å². The Morgan fingerprint density at radius 1 is 0.969 bits per heavy atom. The van der Waals surface area contributed by atoms with Gasteiger partial charge in [-0.3, -0.25) is 9.59 Å². The van der Waals surface area contributed by atoms with Crippen molar-refractivity contribution in [1.29, 1.82) is 0 Å². The molecule has 0 bridgehead atoms. The van der Waals surface area contributed by atoms with Crippen molar-refractivity contribution in [3.8, 4) is 0 Å². The minimum Gasteiger partial charge on any atom is -0.344 e. The fourth-order valence-corrected chi connectivity index (χ4v) is 5.20. The Labute approximate surface area is 190 Å². The standard InChI is InChI=1S/C24H31N3O4S/c1-16-6-9-21(10-7-16)32(30,31)27-13-11-20(12-14-27)24(29)25-19(4)23(28)26-22-15-17(2)5-8-18(22)3/h5-10,15,19-20H,11-14H2,1-4H3,(H,25,29)(H,26,28). The van der Waals surface area contributed by atoms with Gasteiger partial charge in [0.15, 0.2) is 0 Å². The number of sulfonamides is 1. The summed E-state index contributed by atoms with van der Waals surface area (Å²) in [4.78, 5) is 25.5. The van der Waals surface area contributed by atoms with Crippen molar-refractivity contribution in [2.24, 2.45) is 5.92 Å². The molecule has 3 rings (SSSR count). The molecule has 1 unspecified atom stereocenters. The predicted molar refractivity (Wildman–Crippen MR) is 125 cm³/mol. The molecule has 8 heteroatoms. The fraction of sp³-hybridized carbons (Fsp3) is 0.417. The number of carbonyl (C=O) groups excluding carboxylic acids is 2. The van der Waals surface area contributed by atoms with Gasteiger partial charge in [0, 0.05) is 24.7 Å². The van der Waals surface area contributed by atoms with Crippen molar-refractivity contribution in [3.63, 3.8) is 0 Å². The summed E-state index contributed by atoms with van der Waals surface area (Å²) in [6.07, 6.45) is 0.838. The lowest BCUT2D eigenvalue weighted by molar-refractivity contribution is -0.129. The molecular weight excluding hydrogens is 426 g/mol. The zero-order valence-electron chi connectivity index (χ0n) is 19.0. The lowest BCUT2D eigenvalue weighted by Crippen LogP contribution is -2.47. The summed E-state index contributed by atoms with van der Waals surface area (Å²) >= 11 is 0. The first-order valence-corrected chi connectivity index (χ1v) is 12.3. The molecule has 0 radical (unpaired) electrons. The van der Waals surface area contributed by atoms with Crippen LogP contribution >= 0.6 is 0 Å². The minimum atomic E-state index is -3.57. The van der Waals surface area contributed by atoms with E-state index >= 15 is 0 Å². The van der Waals surface area contributed by atoms with Gasteiger partial charge in [-0.25, -0.2) is 8.42 Å². The molecule has 1 aliphatic rings. The predicted octanol–water partition coefficient (Wildman–Crippen LogP) is 3.16. The van der Waals surface area contributed by atoms with Crippen LogP contribution < -0.4 is 10.6 Å². The van der Waals surface area contributed by atoms with Gasteiger partial charge in [0.05, 0.1) is 4.90 Å². The third kappa shape index (κ3) is 5.55. The number of rotatable bonds is 6. The Hall–Kier alpha value is -2.71. The van der Waals surface area contributed by atoms with E-state index in [1.165, 1.54) is 4.31 Å². The average molecular weight is 458 g/mol. The number of amides is 2. The molecule has 1 atom stereocenters. The number of aryl methyl sites for hydroxylation is 3. The van der Waals surface area contributed by atoms with Crippen LogP contribution in [0.15, 0.2) is 47.4 Å². The lowest BCUT2D eigenvalue weighted by Gasteiger charge is -2.31. The second-order valence-corrected chi connectivity index (χ2v) is 10.5. The second-order valence-electron chi connectivity index (χ2n) is 8.53. The maximum atomic E-state index is 12.8. The number of piperidine rings is 1. The van der Waals surface area contributed by atoms with Gasteiger partial charge in [0.2, 0.25) is 21.8 Å². The summed E-state index contributed by atoms with van der Waals surface area (Å²) in [6, 6.07) is 11.9. The van der Waals surface area contributed by atoms with Crippen molar-refractivity contribution in [2.45, 2.75) is 51.5 Å². The summed E-state index contributed by atoms with van der Waals surface area (Å²) in [5.41, 5.74) is 3.71. The number of hydrogen-bond acceptors (Lipinski definition) is 4. The third-order valence-electron chi connectivity index (χ3n) is 5.89. The van der Waals surface area contributed by atoms with E-state index in [9.17, 15) is 18.0 Å². The van der Waals surface area contributed by atoms with Gasteiger partial charge < -0.3 is 10.6 Å². The van der Waals surface area contributed by atoms with Crippen LogP contribution in [-0.2, 0) is 19.6 Å². The largest absolute Gasteiger partial charge is 0.344 e. The maximum Gasteiger partial charge on any atom is 0.246 e. The van der Waals surface area contributed by atoms with Gasteiger partial charge in [0.1, 0.15) is 6.04 Å². The summed E-state index contributed by atoms with van der Waals surface area (Å²) in [6.45, 7) is 7.97. The lowest BCUT2D eigenvalue weighted by atomic mass is 9.97. The second kappa shape index (κ2) is 9.83. The number of nitrogens with one attached hydrogen (secondary N) is 2. The van der Waals surface area contributed by atoms with Crippen molar-refractivity contribution in [2.75, 3.05) is 18.4 Å². The molecule has 2 aromatic carbocycles. The average Bonchev–Trinajstić information content (AvgIpc) is 2.76. The maximum absolute atomic E-state index is 12.8. The molecule has 172 valence electrons. The van der Waals surface area contributed by atoms with Crippen LogP contribution in [0, 0.1) is 26.7 Å². The first kappa shape index (κ1) is 23.9. The van der Waals surface area contributed by atoms with Crippen LogP contribution in [0.4, 0.5) is 5.69 Å². The van der Waals surface area contributed by atoms with Crippen LogP contribution in [0.5, 0.6) is 0 Å². The van der Waals surface area contributed by atoms with Crippen LogP contribution in [0.25, 0.3) is 0 Å². The molecule has 1 heterocycles. The zero-order chi connectivity index (χ0) is 23.5. The number of anilines is 1. The summed E-state index contributed by atoms with van der Waals surface area (Å²) in [5, 5.41) is 5.64. The molecular formula is C24H31N3O4S. The Morgan fingerprint density at radius 3 is 2.19 bits per heavy atom. The van der Waals surface area contributed by atoms with Crippen molar-refractivity contribution in [1.82, 2.24) is 9.62 Å². The monoisotopic (exact) mass is 457 g/mol. The zero-order valence-corrected chi connectivity index (χ0v) is 19.8. The summed E-state index contributed by atoms with van der Waals surface area (Å²) in [7, 11) is -3.57. The van der Waals surface area contributed by atoms with E-state index in [2.05, 4.69) is 10.6 Å². The quantitative estimate of drug-likeness (QED) is 0.697. The number of carbonyl (C=O) groups is 2. The van der Waals surface area contributed by atoms with Crippen LogP contribution in [0.3, 0.4) is 0 Å². The Bertz CT molecular complexity index is 1090. The Balaban J connectivity index is 1.54. The van der Waals surface area contributed by atoms with Gasteiger partial charge in [-0.2, -0.15) is 4.31 Å². The van der Waals surface area contributed by atoms with Crippen LogP contribution in [0.1, 0.15) is 36.5 Å². The van der Waals surface area contributed by atoms with E-state index in [0.717, 1.165) is 22.4 Å². The van der Waals surface area contributed by atoms with Gasteiger partial charge in [-0.1, -0.05) is 29.8 Å². The third-order valence-corrected chi connectivity index (χ3v) is 7.80. The highest BCUT2D eigenvalue weighted by atomic mass is 32.2. The number of nitrogens with zero attached hydrogens (tertiary/aromatic N) is 1. The van der Waals surface area contributed by atoms with E-state index in [4.69, 9.17) is 0 Å². The fourth-order valence-electron chi connectivity index (χ4n) is 3.73. The summed E-state index contributed by atoms with van der Waals surface area (Å²) < 4.78 is 27.1. The van der Waals surface area contributed by atoms with E-state index < -0.39 is 16.1 Å². The smallest absolute Gasteiger partial charge is 0.246 e. The van der Waals surface area contributed by atoms with E-state index in [-0.39, 0.29) is 35.7 Å². The highest BCUT2D eigenvalue weighted by Crippen LogP contribution is 2.24. The SMILES string of the molecule is Cc1ccc(S(=O)(=O)N2CCC(C(=O)NC(C)C(=O)Nc3cc(C)ccc3C)CC2)cc1.